The van der Waals surface area contributed by atoms with E-state index in [1.165, 1.54) is 4.90 Å². The molecular weight excluding hydrogens is 244 g/mol. The fraction of sp³-hybridized carbons (Fsp3) is 0.500. The molecule has 0 saturated carbocycles. The molecule has 0 heterocycles. The molecule has 0 atom stereocenters. The van der Waals surface area contributed by atoms with Crippen molar-refractivity contribution >= 4 is 5.91 Å². The Morgan fingerprint density at radius 1 is 1.32 bits per heavy atom. The second-order valence-corrected chi connectivity index (χ2v) is 4.34. The Balaban J connectivity index is 2.70. The van der Waals surface area contributed by atoms with Crippen LogP contribution in [0.1, 0.15) is 12.5 Å². The number of benzene rings is 1. The van der Waals surface area contributed by atoms with E-state index < -0.39 is 0 Å². The Bertz CT molecular complexity index is 419. The Morgan fingerprint density at radius 3 is 2.63 bits per heavy atom. The first-order chi connectivity index (χ1) is 9.08. The summed E-state index contributed by atoms with van der Waals surface area (Å²) in [5.41, 5.74) is 1.12. The maximum atomic E-state index is 11.5. The van der Waals surface area contributed by atoms with Gasteiger partial charge in [0, 0.05) is 20.6 Å². The van der Waals surface area contributed by atoms with Gasteiger partial charge in [0.1, 0.15) is 0 Å². The molecule has 1 aromatic rings. The molecule has 0 spiro atoms. The van der Waals surface area contributed by atoms with Crippen LogP contribution in [0.2, 0.25) is 0 Å². The molecule has 0 aliphatic carbocycles. The van der Waals surface area contributed by atoms with Crippen LogP contribution in [0.5, 0.6) is 11.5 Å². The van der Waals surface area contributed by atoms with Crippen molar-refractivity contribution in [2.24, 2.45) is 0 Å². The van der Waals surface area contributed by atoms with Gasteiger partial charge in [-0.3, -0.25) is 4.79 Å². The number of methoxy groups -OCH3 is 1. The fourth-order valence-electron chi connectivity index (χ4n) is 1.48. The van der Waals surface area contributed by atoms with Gasteiger partial charge in [-0.05, 0) is 24.2 Å². The highest BCUT2D eigenvalue weighted by Gasteiger charge is 2.09. The second-order valence-electron chi connectivity index (χ2n) is 4.34. The summed E-state index contributed by atoms with van der Waals surface area (Å²) in [7, 11) is 4.98. The van der Waals surface area contributed by atoms with Crippen molar-refractivity contribution in [3.05, 3.63) is 23.8 Å². The fourth-order valence-corrected chi connectivity index (χ4v) is 1.48. The topological polar surface area (TPSA) is 50.8 Å². The molecule has 0 aromatic heterocycles. The molecule has 1 aromatic carbocycles. The lowest BCUT2D eigenvalue weighted by Crippen LogP contribution is -2.27. The molecule has 19 heavy (non-hydrogen) atoms. The predicted molar refractivity (Wildman–Crippen MR) is 74.6 cm³/mol. The first-order valence-electron chi connectivity index (χ1n) is 6.29. The van der Waals surface area contributed by atoms with E-state index in [0.717, 1.165) is 18.7 Å². The molecule has 1 N–H and O–H groups in total. The van der Waals surface area contributed by atoms with Crippen LogP contribution in [0.4, 0.5) is 0 Å². The standard InChI is InChI=1S/C14H22N2O3/c1-5-15-9-11-6-7-12(13(8-11)18-4)19-10-14(17)16(2)3/h6-8,15H,5,9-10H2,1-4H3. The van der Waals surface area contributed by atoms with Gasteiger partial charge >= 0.3 is 0 Å². The van der Waals surface area contributed by atoms with Crippen molar-refractivity contribution in [3.63, 3.8) is 0 Å². The second kappa shape index (κ2) is 7.63. The molecule has 0 aliphatic rings. The van der Waals surface area contributed by atoms with Crippen molar-refractivity contribution < 1.29 is 14.3 Å². The van der Waals surface area contributed by atoms with Crippen LogP contribution in [0.3, 0.4) is 0 Å². The van der Waals surface area contributed by atoms with Crippen molar-refractivity contribution in [3.8, 4) is 11.5 Å². The Kier molecular flexibility index (Phi) is 6.15. The number of carbonyl (C=O) groups is 1. The van der Waals surface area contributed by atoms with Crippen LogP contribution in [0, 0.1) is 0 Å². The van der Waals surface area contributed by atoms with E-state index in [4.69, 9.17) is 9.47 Å². The number of likely N-dealkylation sites (N-methyl/N-ethyl adjacent to an activating group) is 1. The zero-order chi connectivity index (χ0) is 14.3. The summed E-state index contributed by atoms with van der Waals surface area (Å²) in [6.07, 6.45) is 0. The van der Waals surface area contributed by atoms with E-state index in [1.807, 2.05) is 18.2 Å². The number of carbonyl (C=O) groups excluding carboxylic acids is 1. The number of nitrogens with one attached hydrogen (secondary N) is 1. The number of amides is 1. The molecular formula is C14H22N2O3. The zero-order valence-electron chi connectivity index (χ0n) is 12.0. The minimum atomic E-state index is -0.0845. The van der Waals surface area contributed by atoms with Crippen LogP contribution in [-0.4, -0.2) is 45.2 Å². The molecule has 0 bridgehead atoms. The highest BCUT2D eigenvalue weighted by Crippen LogP contribution is 2.28. The predicted octanol–water partition coefficient (Wildman–Crippen LogP) is 1.27. The van der Waals surface area contributed by atoms with Gasteiger partial charge in [0.15, 0.2) is 18.1 Å². The summed E-state index contributed by atoms with van der Waals surface area (Å²) >= 11 is 0. The molecule has 5 heteroatoms. The molecule has 1 rings (SSSR count). The van der Waals surface area contributed by atoms with Gasteiger partial charge in [0.05, 0.1) is 7.11 Å². The quantitative estimate of drug-likeness (QED) is 0.807. The van der Waals surface area contributed by atoms with Gasteiger partial charge in [-0.2, -0.15) is 0 Å². The van der Waals surface area contributed by atoms with Gasteiger partial charge in [0.25, 0.3) is 5.91 Å². The molecule has 1 amide bonds. The van der Waals surface area contributed by atoms with E-state index in [-0.39, 0.29) is 12.5 Å². The van der Waals surface area contributed by atoms with Crippen LogP contribution in [-0.2, 0) is 11.3 Å². The van der Waals surface area contributed by atoms with Gasteiger partial charge in [-0.1, -0.05) is 13.0 Å². The average Bonchev–Trinajstić information content (AvgIpc) is 2.42. The number of rotatable bonds is 7. The van der Waals surface area contributed by atoms with E-state index >= 15 is 0 Å². The molecule has 0 unspecified atom stereocenters. The maximum Gasteiger partial charge on any atom is 0.259 e. The molecule has 0 radical (unpaired) electrons. The minimum absolute atomic E-state index is 0.00984. The smallest absolute Gasteiger partial charge is 0.259 e. The number of hydrogen-bond donors (Lipinski definition) is 1. The SMILES string of the molecule is CCNCc1ccc(OCC(=O)N(C)C)c(OC)c1. The van der Waals surface area contributed by atoms with Crippen LogP contribution < -0.4 is 14.8 Å². The summed E-state index contributed by atoms with van der Waals surface area (Å²) < 4.78 is 10.8. The van der Waals surface area contributed by atoms with Crippen LogP contribution in [0.25, 0.3) is 0 Å². The average molecular weight is 266 g/mol. The third kappa shape index (κ3) is 4.79. The monoisotopic (exact) mass is 266 g/mol. The van der Waals surface area contributed by atoms with Gasteiger partial charge in [0.2, 0.25) is 0 Å². The van der Waals surface area contributed by atoms with Crippen molar-refractivity contribution in [1.82, 2.24) is 10.2 Å². The molecule has 5 nitrogen and oxygen atoms in total. The van der Waals surface area contributed by atoms with E-state index in [1.54, 1.807) is 21.2 Å². The lowest BCUT2D eigenvalue weighted by atomic mass is 10.2. The number of nitrogens with zero attached hydrogens (tertiary/aromatic N) is 1. The highest BCUT2D eigenvalue weighted by atomic mass is 16.5. The molecule has 0 fully saturated rings. The van der Waals surface area contributed by atoms with Crippen molar-refractivity contribution in [1.29, 1.82) is 0 Å². The zero-order valence-corrected chi connectivity index (χ0v) is 12.0. The lowest BCUT2D eigenvalue weighted by Gasteiger charge is -2.14. The Hall–Kier alpha value is -1.75. The largest absolute Gasteiger partial charge is 0.493 e. The lowest BCUT2D eigenvalue weighted by molar-refractivity contribution is -0.130. The Labute approximate surface area is 114 Å². The van der Waals surface area contributed by atoms with Gasteiger partial charge < -0.3 is 19.7 Å². The first kappa shape index (κ1) is 15.3. The normalized spacial score (nSPS) is 10.1. The molecule has 106 valence electrons. The van der Waals surface area contributed by atoms with Gasteiger partial charge in [-0.25, -0.2) is 0 Å². The summed E-state index contributed by atoms with van der Waals surface area (Å²) in [6.45, 7) is 3.76. The highest BCUT2D eigenvalue weighted by molar-refractivity contribution is 5.77. The Morgan fingerprint density at radius 2 is 2.05 bits per heavy atom. The summed E-state index contributed by atoms with van der Waals surface area (Å²) in [6, 6.07) is 5.70. The van der Waals surface area contributed by atoms with Crippen molar-refractivity contribution in [2.75, 3.05) is 34.4 Å². The molecule has 0 aliphatic heterocycles. The summed E-state index contributed by atoms with van der Waals surface area (Å²) in [5.74, 6) is 1.14. The molecule has 0 saturated heterocycles. The van der Waals surface area contributed by atoms with Crippen LogP contribution in [0.15, 0.2) is 18.2 Å². The third-order valence-electron chi connectivity index (χ3n) is 2.66. The van der Waals surface area contributed by atoms with E-state index in [9.17, 15) is 4.79 Å². The minimum Gasteiger partial charge on any atom is -0.493 e. The van der Waals surface area contributed by atoms with Crippen LogP contribution >= 0.6 is 0 Å². The van der Waals surface area contributed by atoms with E-state index in [0.29, 0.717) is 11.5 Å². The summed E-state index contributed by atoms with van der Waals surface area (Å²) in [5, 5.41) is 3.24. The first-order valence-corrected chi connectivity index (χ1v) is 6.29. The van der Waals surface area contributed by atoms with Crippen molar-refractivity contribution in [2.45, 2.75) is 13.5 Å². The number of hydrogen-bond acceptors (Lipinski definition) is 4. The van der Waals surface area contributed by atoms with E-state index in [2.05, 4.69) is 12.2 Å². The number of ether oxygens (including phenoxy) is 2. The third-order valence-corrected chi connectivity index (χ3v) is 2.66. The maximum absolute atomic E-state index is 11.5. The van der Waals surface area contributed by atoms with Gasteiger partial charge in [-0.15, -0.1) is 0 Å². The summed E-state index contributed by atoms with van der Waals surface area (Å²) in [4.78, 5) is 13.0.